The van der Waals surface area contributed by atoms with Gasteiger partial charge in [-0.25, -0.2) is 8.78 Å². The van der Waals surface area contributed by atoms with Gasteiger partial charge in [0.05, 0.1) is 5.69 Å². The van der Waals surface area contributed by atoms with E-state index in [9.17, 15) is 8.78 Å². The molecule has 4 heteroatoms. The first-order valence-corrected chi connectivity index (χ1v) is 4.52. The minimum absolute atomic E-state index is 0.312. The van der Waals surface area contributed by atoms with Crippen molar-refractivity contribution in [1.29, 1.82) is 0 Å². The molecule has 13 heavy (non-hydrogen) atoms. The molecule has 0 amide bonds. The maximum Gasteiger partial charge on any atom is 0.149 e. The van der Waals surface area contributed by atoms with Gasteiger partial charge in [0.25, 0.3) is 0 Å². The van der Waals surface area contributed by atoms with Gasteiger partial charge < -0.3 is 5.32 Å². The molecule has 0 bridgehead atoms. The van der Waals surface area contributed by atoms with Gasteiger partial charge in [-0.2, -0.15) is 0 Å². The number of rotatable bonds is 4. The van der Waals surface area contributed by atoms with E-state index in [0.717, 1.165) is 12.5 Å². The molecule has 0 heterocycles. The lowest BCUT2D eigenvalue weighted by Gasteiger charge is -2.05. The van der Waals surface area contributed by atoms with E-state index in [1.807, 2.05) is 0 Å². The van der Waals surface area contributed by atoms with Crippen molar-refractivity contribution in [2.24, 2.45) is 0 Å². The third kappa shape index (κ3) is 3.19. The SMILES string of the molecule is Fc1ccc(NCCCCl)c(F)c1. The second-order valence-corrected chi connectivity index (χ2v) is 2.97. The van der Waals surface area contributed by atoms with Gasteiger partial charge in [-0.15, -0.1) is 11.6 Å². The highest BCUT2D eigenvalue weighted by Gasteiger charge is 2.01. The molecule has 0 unspecified atom stereocenters. The zero-order valence-corrected chi connectivity index (χ0v) is 7.74. The smallest absolute Gasteiger partial charge is 0.149 e. The summed E-state index contributed by atoms with van der Waals surface area (Å²) in [6.45, 7) is 0.589. The highest BCUT2D eigenvalue weighted by molar-refractivity contribution is 6.17. The van der Waals surface area contributed by atoms with Crippen molar-refractivity contribution in [3.63, 3.8) is 0 Å². The fraction of sp³-hybridized carbons (Fsp3) is 0.333. The van der Waals surface area contributed by atoms with Crippen LogP contribution in [-0.4, -0.2) is 12.4 Å². The molecule has 0 atom stereocenters. The van der Waals surface area contributed by atoms with Crippen LogP contribution in [0.1, 0.15) is 6.42 Å². The molecule has 0 saturated carbocycles. The first-order chi connectivity index (χ1) is 6.24. The molecule has 0 aliphatic carbocycles. The van der Waals surface area contributed by atoms with Crippen LogP contribution in [-0.2, 0) is 0 Å². The monoisotopic (exact) mass is 205 g/mol. The molecule has 1 N–H and O–H groups in total. The number of nitrogens with one attached hydrogen (secondary N) is 1. The molecule has 0 radical (unpaired) electrons. The Labute approximate surface area is 80.7 Å². The Bertz CT molecular complexity index is 278. The zero-order valence-electron chi connectivity index (χ0n) is 6.99. The van der Waals surface area contributed by atoms with Crippen molar-refractivity contribution in [2.75, 3.05) is 17.7 Å². The molecule has 0 aromatic heterocycles. The molecular formula is C9H10ClF2N. The van der Waals surface area contributed by atoms with Crippen molar-refractivity contribution in [2.45, 2.75) is 6.42 Å². The van der Waals surface area contributed by atoms with Crippen LogP contribution in [0.5, 0.6) is 0 Å². The molecule has 1 nitrogen and oxygen atoms in total. The molecule has 0 aliphatic rings. The topological polar surface area (TPSA) is 12.0 Å². The third-order valence-corrected chi connectivity index (χ3v) is 1.82. The maximum absolute atomic E-state index is 12.9. The number of benzene rings is 1. The standard InChI is InChI=1S/C9H10ClF2N/c10-4-1-5-13-9-3-2-7(11)6-8(9)12/h2-3,6,13H,1,4-5H2. The van der Waals surface area contributed by atoms with E-state index >= 15 is 0 Å². The van der Waals surface area contributed by atoms with Gasteiger partial charge in [0.1, 0.15) is 11.6 Å². The summed E-state index contributed by atoms with van der Waals surface area (Å²) in [5, 5.41) is 2.81. The highest BCUT2D eigenvalue weighted by Crippen LogP contribution is 2.14. The molecule has 0 fully saturated rings. The van der Waals surface area contributed by atoms with Crippen molar-refractivity contribution in [3.8, 4) is 0 Å². The minimum Gasteiger partial charge on any atom is -0.383 e. The van der Waals surface area contributed by atoms with E-state index in [-0.39, 0.29) is 0 Å². The molecule has 1 rings (SSSR count). The van der Waals surface area contributed by atoms with Crippen LogP contribution < -0.4 is 5.32 Å². The predicted octanol–water partition coefficient (Wildman–Crippen LogP) is 3.01. The Morgan fingerprint density at radius 3 is 2.69 bits per heavy atom. The van der Waals surface area contributed by atoms with Crippen molar-refractivity contribution < 1.29 is 8.78 Å². The fourth-order valence-electron chi connectivity index (χ4n) is 0.923. The van der Waals surface area contributed by atoms with Crippen LogP contribution in [0.4, 0.5) is 14.5 Å². The Kier molecular flexibility index (Phi) is 3.96. The first kappa shape index (κ1) is 10.3. The quantitative estimate of drug-likeness (QED) is 0.589. The average molecular weight is 206 g/mol. The van der Waals surface area contributed by atoms with E-state index in [1.165, 1.54) is 12.1 Å². The Balaban J connectivity index is 2.56. The van der Waals surface area contributed by atoms with Gasteiger partial charge in [0, 0.05) is 18.5 Å². The highest BCUT2D eigenvalue weighted by atomic mass is 35.5. The summed E-state index contributed by atoms with van der Waals surface area (Å²) in [7, 11) is 0. The summed E-state index contributed by atoms with van der Waals surface area (Å²) in [5.74, 6) is -0.620. The molecule has 1 aromatic carbocycles. The van der Waals surface area contributed by atoms with E-state index in [4.69, 9.17) is 11.6 Å². The Hall–Kier alpha value is -0.830. The van der Waals surface area contributed by atoms with E-state index in [1.54, 1.807) is 0 Å². The maximum atomic E-state index is 12.9. The van der Waals surface area contributed by atoms with Gasteiger partial charge in [-0.05, 0) is 18.6 Å². The Morgan fingerprint density at radius 1 is 1.31 bits per heavy atom. The van der Waals surface area contributed by atoms with Crippen LogP contribution in [0.2, 0.25) is 0 Å². The van der Waals surface area contributed by atoms with Crippen LogP contribution in [0.15, 0.2) is 18.2 Å². The third-order valence-electron chi connectivity index (χ3n) is 1.56. The largest absolute Gasteiger partial charge is 0.383 e. The van der Waals surface area contributed by atoms with Gasteiger partial charge >= 0.3 is 0 Å². The van der Waals surface area contributed by atoms with Crippen molar-refractivity contribution in [1.82, 2.24) is 0 Å². The second kappa shape index (κ2) is 5.02. The van der Waals surface area contributed by atoms with Crippen molar-refractivity contribution in [3.05, 3.63) is 29.8 Å². The molecular weight excluding hydrogens is 196 g/mol. The summed E-state index contributed by atoms with van der Waals surface area (Å²) in [4.78, 5) is 0. The second-order valence-electron chi connectivity index (χ2n) is 2.59. The summed E-state index contributed by atoms with van der Waals surface area (Å²) < 4.78 is 25.4. The van der Waals surface area contributed by atoms with E-state index < -0.39 is 11.6 Å². The number of hydrogen-bond acceptors (Lipinski definition) is 1. The lowest BCUT2D eigenvalue weighted by atomic mass is 10.3. The van der Waals surface area contributed by atoms with Crippen LogP contribution in [0.25, 0.3) is 0 Å². The molecule has 72 valence electrons. The number of alkyl halides is 1. The van der Waals surface area contributed by atoms with Gasteiger partial charge in [0.2, 0.25) is 0 Å². The summed E-state index contributed by atoms with van der Waals surface area (Å²) in [6, 6.07) is 3.44. The lowest BCUT2D eigenvalue weighted by molar-refractivity contribution is 0.585. The lowest BCUT2D eigenvalue weighted by Crippen LogP contribution is -2.03. The zero-order chi connectivity index (χ0) is 9.68. The molecule has 0 aliphatic heterocycles. The van der Waals surface area contributed by atoms with Crippen molar-refractivity contribution >= 4 is 17.3 Å². The predicted molar refractivity (Wildman–Crippen MR) is 50.2 cm³/mol. The van der Waals surface area contributed by atoms with Gasteiger partial charge in [0.15, 0.2) is 0 Å². The molecule has 1 aromatic rings. The van der Waals surface area contributed by atoms with Gasteiger partial charge in [-0.1, -0.05) is 0 Å². The Morgan fingerprint density at radius 2 is 2.08 bits per heavy atom. The van der Waals surface area contributed by atoms with E-state index in [0.29, 0.717) is 18.1 Å². The minimum atomic E-state index is -0.574. The van der Waals surface area contributed by atoms with Gasteiger partial charge in [-0.3, -0.25) is 0 Å². The van der Waals surface area contributed by atoms with Crippen LogP contribution >= 0.6 is 11.6 Å². The normalized spacial score (nSPS) is 10.1. The number of hydrogen-bond donors (Lipinski definition) is 1. The summed E-state index contributed by atoms with van der Waals surface area (Å²) in [6.07, 6.45) is 0.748. The molecule has 0 spiro atoms. The average Bonchev–Trinajstić information content (AvgIpc) is 2.09. The molecule has 0 saturated heterocycles. The summed E-state index contributed by atoms with van der Waals surface area (Å²) in [5.41, 5.74) is 0.312. The first-order valence-electron chi connectivity index (χ1n) is 3.99. The number of anilines is 1. The van der Waals surface area contributed by atoms with Crippen LogP contribution in [0.3, 0.4) is 0 Å². The number of halogens is 3. The van der Waals surface area contributed by atoms with E-state index in [2.05, 4.69) is 5.32 Å². The fourth-order valence-corrected chi connectivity index (χ4v) is 1.06. The summed E-state index contributed by atoms with van der Waals surface area (Å²) >= 11 is 5.44. The van der Waals surface area contributed by atoms with Crippen LogP contribution in [0, 0.1) is 11.6 Å².